The number of carbonyl (C=O) groups excluding carboxylic acids is 1. The van der Waals surface area contributed by atoms with Crippen molar-refractivity contribution in [2.45, 2.75) is 32.0 Å². The summed E-state index contributed by atoms with van der Waals surface area (Å²) in [6.45, 7) is 3.08. The van der Waals surface area contributed by atoms with E-state index in [0.29, 0.717) is 18.0 Å². The van der Waals surface area contributed by atoms with Gasteiger partial charge in [-0.15, -0.1) is 0 Å². The zero-order valence-electron chi connectivity index (χ0n) is 15.6. The molecule has 1 aliphatic rings. The van der Waals surface area contributed by atoms with E-state index in [-0.39, 0.29) is 12.0 Å². The fourth-order valence-electron chi connectivity index (χ4n) is 2.76. The van der Waals surface area contributed by atoms with E-state index in [0.717, 1.165) is 30.9 Å². The second kappa shape index (κ2) is 9.28. The molecule has 2 atom stereocenters. The minimum atomic E-state index is -0.631. The van der Waals surface area contributed by atoms with E-state index in [4.69, 9.17) is 18.9 Å². The molecule has 1 saturated heterocycles. The first-order valence-electron chi connectivity index (χ1n) is 9.10. The topological polar surface area (TPSA) is 66.0 Å². The van der Waals surface area contributed by atoms with E-state index in [2.05, 4.69) is 5.32 Å². The summed E-state index contributed by atoms with van der Waals surface area (Å²) >= 11 is 0. The first-order chi connectivity index (χ1) is 13.1. The summed E-state index contributed by atoms with van der Waals surface area (Å²) in [5, 5.41) is 2.84. The van der Waals surface area contributed by atoms with E-state index < -0.39 is 6.10 Å². The van der Waals surface area contributed by atoms with Crippen LogP contribution < -0.4 is 19.5 Å². The van der Waals surface area contributed by atoms with Gasteiger partial charge in [-0.2, -0.15) is 0 Å². The first kappa shape index (κ1) is 19.0. The molecular formula is C21H25NO5. The smallest absolute Gasteiger partial charge is 0.265 e. The highest BCUT2D eigenvalue weighted by Gasteiger charge is 2.17. The van der Waals surface area contributed by atoms with Crippen LogP contribution in [-0.2, 0) is 9.53 Å². The van der Waals surface area contributed by atoms with Crippen LogP contribution in [-0.4, -0.2) is 38.4 Å². The number of amides is 1. The summed E-state index contributed by atoms with van der Waals surface area (Å²) in [5.41, 5.74) is 0.689. The minimum absolute atomic E-state index is 0.181. The van der Waals surface area contributed by atoms with Gasteiger partial charge in [0.05, 0.1) is 13.2 Å². The summed E-state index contributed by atoms with van der Waals surface area (Å²) < 4.78 is 22.0. The van der Waals surface area contributed by atoms with Crippen molar-refractivity contribution in [1.82, 2.24) is 0 Å². The molecule has 1 fully saturated rings. The lowest BCUT2D eigenvalue weighted by molar-refractivity contribution is -0.122. The van der Waals surface area contributed by atoms with Crippen LogP contribution in [0.1, 0.15) is 19.8 Å². The lowest BCUT2D eigenvalue weighted by Crippen LogP contribution is -2.30. The molecule has 6 heteroatoms. The van der Waals surface area contributed by atoms with Gasteiger partial charge in [-0.05, 0) is 68.3 Å². The van der Waals surface area contributed by atoms with Crippen LogP contribution in [0.2, 0.25) is 0 Å². The number of nitrogens with one attached hydrogen (secondary N) is 1. The number of hydrogen-bond acceptors (Lipinski definition) is 5. The van der Waals surface area contributed by atoms with Crippen molar-refractivity contribution in [3.8, 4) is 17.2 Å². The second-order valence-corrected chi connectivity index (χ2v) is 6.40. The molecule has 2 aromatic rings. The highest BCUT2D eigenvalue weighted by atomic mass is 16.5. The average Bonchev–Trinajstić information content (AvgIpc) is 3.21. The number of benzene rings is 2. The van der Waals surface area contributed by atoms with Gasteiger partial charge in [0.1, 0.15) is 23.9 Å². The number of rotatable bonds is 8. The van der Waals surface area contributed by atoms with E-state index in [1.165, 1.54) is 0 Å². The van der Waals surface area contributed by atoms with Crippen LogP contribution in [0.15, 0.2) is 48.5 Å². The SMILES string of the molecule is COc1ccc(O[C@H](C)C(=O)Nc2ccc(OC[C@@H]3CCCO3)cc2)cc1. The minimum Gasteiger partial charge on any atom is -0.497 e. The van der Waals surface area contributed by atoms with E-state index in [1.807, 2.05) is 24.3 Å². The highest BCUT2D eigenvalue weighted by molar-refractivity contribution is 5.94. The number of ether oxygens (including phenoxy) is 4. The monoisotopic (exact) mass is 371 g/mol. The predicted molar refractivity (Wildman–Crippen MR) is 103 cm³/mol. The molecule has 0 radical (unpaired) electrons. The van der Waals surface area contributed by atoms with Crippen LogP contribution in [0.4, 0.5) is 5.69 Å². The third-order valence-corrected chi connectivity index (χ3v) is 4.32. The maximum absolute atomic E-state index is 12.3. The van der Waals surface area contributed by atoms with Crippen molar-refractivity contribution in [1.29, 1.82) is 0 Å². The van der Waals surface area contributed by atoms with Gasteiger partial charge in [-0.25, -0.2) is 0 Å². The zero-order chi connectivity index (χ0) is 19.1. The molecule has 27 heavy (non-hydrogen) atoms. The van der Waals surface area contributed by atoms with Crippen LogP contribution in [0.25, 0.3) is 0 Å². The molecule has 0 bridgehead atoms. The van der Waals surface area contributed by atoms with Gasteiger partial charge in [-0.1, -0.05) is 0 Å². The Balaban J connectivity index is 1.47. The number of methoxy groups -OCH3 is 1. The van der Waals surface area contributed by atoms with Crippen molar-refractivity contribution in [2.24, 2.45) is 0 Å². The maximum Gasteiger partial charge on any atom is 0.265 e. The van der Waals surface area contributed by atoms with E-state index >= 15 is 0 Å². The molecule has 1 amide bonds. The van der Waals surface area contributed by atoms with Crippen molar-refractivity contribution in [3.05, 3.63) is 48.5 Å². The summed E-state index contributed by atoms with van der Waals surface area (Å²) in [6, 6.07) is 14.4. The average molecular weight is 371 g/mol. The van der Waals surface area contributed by atoms with Crippen LogP contribution in [0.3, 0.4) is 0 Å². The summed E-state index contributed by atoms with van der Waals surface area (Å²) in [5.74, 6) is 1.88. The molecule has 144 valence electrons. The Morgan fingerprint density at radius 3 is 2.41 bits per heavy atom. The molecule has 1 N–H and O–H groups in total. The molecule has 0 unspecified atom stereocenters. The third-order valence-electron chi connectivity index (χ3n) is 4.32. The molecule has 1 heterocycles. The lowest BCUT2D eigenvalue weighted by atomic mass is 10.2. The van der Waals surface area contributed by atoms with Crippen LogP contribution in [0, 0.1) is 0 Å². The van der Waals surface area contributed by atoms with Gasteiger partial charge < -0.3 is 24.3 Å². The van der Waals surface area contributed by atoms with Crippen molar-refractivity contribution >= 4 is 11.6 Å². The van der Waals surface area contributed by atoms with Gasteiger partial charge in [0.15, 0.2) is 6.10 Å². The third kappa shape index (κ3) is 5.62. The van der Waals surface area contributed by atoms with Crippen molar-refractivity contribution in [2.75, 3.05) is 25.6 Å². The Bertz CT molecular complexity index is 723. The number of anilines is 1. The van der Waals surface area contributed by atoms with Gasteiger partial charge in [0, 0.05) is 12.3 Å². The van der Waals surface area contributed by atoms with E-state index in [1.54, 1.807) is 38.3 Å². The quantitative estimate of drug-likeness (QED) is 0.767. The summed E-state index contributed by atoms with van der Waals surface area (Å²) in [7, 11) is 1.60. The molecule has 0 saturated carbocycles. The van der Waals surface area contributed by atoms with Gasteiger partial charge in [0.25, 0.3) is 5.91 Å². The molecule has 6 nitrogen and oxygen atoms in total. The number of hydrogen-bond donors (Lipinski definition) is 1. The Hall–Kier alpha value is -2.73. The Morgan fingerprint density at radius 1 is 1.11 bits per heavy atom. The van der Waals surface area contributed by atoms with Crippen LogP contribution in [0.5, 0.6) is 17.2 Å². The normalized spacial score (nSPS) is 17.2. The molecule has 0 aliphatic carbocycles. The van der Waals surface area contributed by atoms with Gasteiger partial charge in [-0.3, -0.25) is 4.79 Å². The van der Waals surface area contributed by atoms with Crippen molar-refractivity contribution in [3.63, 3.8) is 0 Å². The fourth-order valence-corrected chi connectivity index (χ4v) is 2.76. The molecule has 3 rings (SSSR count). The largest absolute Gasteiger partial charge is 0.497 e. The molecule has 1 aliphatic heterocycles. The summed E-state index contributed by atoms with van der Waals surface area (Å²) in [4.78, 5) is 12.3. The molecular weight excluding hydrogens is 346 g/mol. The van der Waals surface area contributed by atoms with Crippen molar-refractivity contribution < 1.29 is 23.7 Å². The Labute approximate surface area is 159 Å². The van der Waals surface area contributed by atoms with Crippen LogP contribution >= 0.6 is 0 Å². The predicted octanol–water partition coefficient (Wildman–Crippen LogP) is 3.66. The second-order valence-electron chi connectivity index (χ2n) is 6.40. The highest BCUT2D eigenvalue weighted by Crippen LogP contribution is 2.20. The van der Waals surface area contributed by atoms with E-state index in [9.17, 15) is 4.79 Å². The molecule has 0 aromatic heterocycles. The first-order valence-corrected chi connectivity index (χ1v) is 9.10. The van der Waals surface area contributed by atoms with Gasteiger partial charge in [0.2, 0.25) is 0 Å². The lowest BCUT2D eigenvalue weighted by Gasteiger charge is -2.15. The Kier molecular flexibility index (Phi) is 6.54. The fraction of sp³-hybridized carbons (Fsp3) is 0.381. The van der Waals surface area contributed by atoms with Gasteiger partial charge >= 0.3 is 0 Å². The molecule has 0 spiro atoms. The molecule has 2 aromatic carbocycles. The zero-order valence-corrected chi connectivity index (χ0v) is 15.6. The standard InChI is InChI=1S/C21H25NO5/c1-15(27-19-11-9-17(24-2)10-12-19)21(23)22-16-5-7-18(8-6-16)26-14-20-4-3-13-25-20/h5-12,15,20H,3-4,13-14H2,1-2H3,(H,22,23)/t15-,20+/m1/s1. The Morgan fingerprint density at radius 2 is 1.78 bits per heavy atom. The maximum atomic E-state index is 12.3. The number of carbonyl (C=O) groups is 1. The summed E-state index contributed by atoms with van der Waals surface area (Å²) in [6.07, 6.45) is 1.69.